The van der Waals surface area contributed by atoms with Crippen molar-refractivity contribution < 1.29 is 4.74 Å². The Bertz CT molecular complexity index is 345. The summed E-state index contributed by atoms with van der Waals surface area (Å²) in [5.74, 6) is 3.09. The van der Waals surface area contributed by atoms with E-state index in [1.54, 1.807) is 0 Å². The van der Waals surface area contributed by atoms with Crippen molar-refractivity contribution in [3.63, 3.8) is 0 Å². The van der Waals surface area contributed by atoms with E-state index < -0.39 is 3.93 Å². The molecule has 0 aliphatic heterocycles. The summed E-state index contributed by atoms with van der Waals surface area (Å²) in [5, 5.41) is 0. The fourth-order valence-corrected chi connectivity index (χ4v) is 7.95. The summed E-state index contributed by atoms with van der Waals surface area (Å²) in [4.78, 5) is 0. The van der Waals surface area contributed by atoms with E-state index in [4.69, 9.17) is 4.74 Å². The van der Waals surface area contributed by atoms with E-state index in [1.807, 2.05) is 0 Å². The van der Waals surface area contributed by atoms with Crippen LogP contribution in [0.2, 0.25) is 6.04 Å². The Labute approximate surface area is 180 Å². The molecule has 0 bridgehead atoms. The molecule has 2 saturated carbocycles. The van der Waals surface area contributed by atoms with Crippen LogP contribution in [0.25, 0.3) is 0 Å². The highest BCUT2D eigenvalue weighted by atomic mass is 80.0. The molecule has 148 valence electrons. The van der Waals surface area contributed by atoms with Gasteiger partial charge in [-0.2, -0.15) is 0 Å². The Hall–Kier alpha value is 1.62. The van der Waals surface area contributed by atoms with Crippen LogP contribution < -0.4 is 0 Å². The predicted octanol–water partition coefficient (Wildman–Crippen LogP) is 8.46. The average molecular weight is 561 g/mol. The average Bonchev–Trinajstić information content (AvgIpc) is 2.59. The predicted molar refractivity (Wildman–Crippen MR) is 123 cm³/mol. The maximum atomic E-state index is 6.15. The van der Waals surface area contributed by atoms with E-state index in [0.29, 0.717) is 6.10 Å². The largest absolute Gasteiger partial charge is 0.378 e. The number of hydrogen-bond donors (Lipinski definition) is 0. The van der Waals surface area contributed by atoms with E-state index >= 15 is 0 Å². The zero-order valence-electron chi connectivity index (χ0n) is 16.0. The molecular weight excluding hydrogens is 524 g/mol. The number of hydrogen-bond acceptors (Lipinski definition) is 1. The topological polar surface area (TPSA) is 9.23 Å². The molecule has 1 nitrogen and oxygen atoms in total. The zero-order valence-corrected chi connectivity index (χ0v) is 21.7. The molecule has 0 aromatic rings. The van der Waals surface area contributed by atoms with Crippen molar-refractivity contribution in [3.8, 4) is 0 Å². The van der Waals surface area contributed by atoms with E-state index in [-0.39, 0.29) is 0 Å². The Morgan fingerprint density at radius 3 is 1.96 bits per heavy atom. The number of halogens is 3. The van der Waals surface area contributed by atoms with Gasteiger partial charge in [-0.1, -0.05) is 91.3 Å². The van der Waals surface area contributed by atoms with E-state index in [1.165, 1.54) is 83.1 Å². The van der Waals surface area contributed by atoms with Gasteiger partial charge in [0.15, 0.2) is 0 Å². The van der Waals surface area contributed by atoms with Crippen molar-refractivity contribution in [2.45, 2.75) is 103 Å². The molecule has 0 heterocycles. The molecule has 2 fully saturated rings. The second-order valence-electron chi connectivity index (χ2n) is 8.40. The summed E-state index contributed by atoms with van der Waals surface area (Å²) in [6, 6.07) is 1.17. The fourth-order valence-electron chi connectivity index (χ4n) is 4.88. The van der Waals surface area contributed by atoms with E-state index in [0.717, 1.165) is 30.8 Å². The Balaban J connectivity index is 1.55. The quantitative estimate of drug-likeness (QED) is 0.148. The third-order valence-corrected chi connectivity index (χ3v) is 10.9. The van der Waals surface area contributed by atoms with Crippen molar-refractivity contribution in [2.75, 3.05) is 6.61 Å². The summed E-state index contributed by atoms with van der Waals surface area (Å²) in [5.41, 5.74) is 0. The Morgan fingerprint density at radius 2 is 1.40 bits per heavy atom. The van der Waals surface area contributed by atoms with Gasteiger partial charge < -0.3 is 4.74 Å². The van der Waals surface area contributed by atoms with Crippen molar-refractivity contribution in [1.29, 1.82) is 0 Å². The second kappa shape index (κ2) is 12.2. The van der Waals surface area contributed by atoms with Gasteiger partial charge in [0.2, 0.25) is 0 Å². The van der Waals surface area contributed by atoms with Gasteiger partial charge in [0.05, 0.1) is 6.10 Å². The van der Waals surface area contributed by atoms with Gasteiger partial charge in [0.25, 0.3) is 3.93 Å². The molecule has 0 saturated heterocycles. The fraction of sp³-hybridized carbons (Fsp3) is 1.00. The summed E-state index contributed by atoms with van der Waals surface area (Å²) in [7, 11) is 0. The molecule has 0 radical (unpaired) electrons. The third-order valence-electron chi connectivity index (χ3n) is 6.45. The molecule has 5 heteroatoms. The molecule has 0 spiro atoms. The lowest BCUT2D eigenvalue weighted by Gasteiger charge is -2.38. The van der Waals surface area contributed by atoms with Crippen LogP contribution in [0.4, 0.5) is 0 Å². The second-order valence-corrected chi connectivity index (χ2v) is 31.9. The summed E-state index contributed by atoms with van der Waals surface area (Å²) in [6.45, 7) is 3.24. The molecule has 0 aromatic heterocycles. The van der Waals surface area contributed by atoms with Gasteiger partial charge in [-0.15, -0.1) is 0 Å². The first kappa shape index (κ1) is 22.9. The normalized spacial score (nSPS) is 31.2. The molecule has 2 rings (SSSR count). The minimum absolute atomic E-state index is 0.540. The Kier molecular flexibility index (Phi) is 11.2. The third kappa shape index (κ3) is 9.58. The lowest BCUT2D eigenvalue weighted by molar-refractivity contribution is 0.00728. The molecule has 0 atom stereocenters. The van der Waals surface area contributed by atoms with Crippen LogP contribution in [0.1, 0.15) is 90.4 Å². The van der Waals surface area contributed by atoms with E-state index in [2.05, 4.69) is 52.8 Å². The van der Waals surface area contributed by atoms with Crippen LogP contribution in [0, 0.1) is 17.8 Å². The number of unbranched alkanes of at least 4 members (excludes halogenated alkanes) is 2. The highest BCUT2D eigenvalue weighted by Crippen LogP contribution is 2.41. The van der Waals surface area contributed by atoms with Gasteiger partial charge in [-0.25, -0.2) is 0 Å². The number of rotatable bonds is 10. The maximum Gasteiger partial charge on any atom is 0.267 e. The first-order valence-electron chi connectivity index (χ1n) is 10.7. The van der Waals surface area contributed by atoms with Crippen molar-refractivity contribution in [2.24, 2.45) is 17.8 Å². The lowest BCUT2D eigenvalue weighted by atomic mass is 9.70. The molecule has 0 aromatic carbocycles. The minimum atomic E-state index is -1.44. The van der Waals surface area contributed by atoms with Crippen LogP contribution in [0.3, 0.4) is 0 Å². The van der Waals surface area contributed by atoms with Crippen LogP contribution in [0.5, 0.6) is 0 Å². The summed E-state index contributed by atoms with van der Waals surface area (Å²) >= 11 is 11.1. The van der Waals surface area contributed by atoms with Crippen LogP contribution in [-0.2, 0) is 4.74 Å². The molecular formula is C20H37Br3OSi. The van der Waals surface area contributed by atoms with Crippen LogP contribution in [0.15, 0.2) is 0 Å². The molecule has 0 N–H and O–H groups in total. The standard InChI is InChI=1S/C20H37Br3OSi/c1-2-3-4-6-17-7-9-18(10-8-17)19-11-13-20(14-12-19)24-15-5-16-25(21,22)23/h17-20H,2-16H2,1H3. The Morgan fingerprint density at radius 1 is 0.800 bits per heavy atom. The van der Waals surface area contributed by atoms with Gasteiger partial charge in [-0.3, -0.25) is 0 Å². The van der Waals surface area contributed by atoms with Gasteiger partial charge in [-0.05, 0) is 68.7 Å². The first-order chi connectivity index (χ1) is 12.0. The van der Waals surface area contributed by atoms with Gasteiger partial charge in [0.1, 0.15) is 0 Å². The highest BCUT2D eigenvalue weighted by Gasteiger charge is 2.31. The SMILES string of the molecule is CCCCCC1CCC(C2CCC(OCCC[Si](Br)(Br)Br)CC2)CC1. The molecule has 0 amide bonds. The smallest absolute Gasteiger partial charge is 0.267 e. The molecule has 0 unspecified atom stereocenters. The first-order valence-corrected chi connectivity index (χ1v) is 19.6. The minimum Gasteiger partial charge on any atom is -0.378 e. The van der Waals surface area contributed by atoms with Crippen molar-refractivity contribution in [1.82, 2.24) is 0 Å². The molecule has 25 heavy (non-hydrogen) atoms. The highest BCUT2D eigenvalue weighted by molar-refractivity contribution is 9.72. The molecule has 2 aliphatic carbocycles. The summed E-state index contributed by atoms with van der Waals surface area (Å²) in [6.07, 6.45) is 19.0. The number of ether oxygens (including phenoxy) is 1. The molecule has 2 aliphatic rings. The van der Waals surface area contributed by atoms with Crippen molar-refractivity contribution >= 4 is 49.8 Å². The van der Waals surface area contributed by atoms with Gasteiger partial charge in [0, 0.05) is 6.61 Å². The van der Waals surface area contributed by atoms with Crippen molar-refractivity contribution in [3.05, 3.63) is 0 Å². The van der Waals surface area contributed by atoms with Crippen LogP contribution >= 0.6 is 45.9 Å². The van der Waals surface area contributed by atoms with Gasteiger partial charge >= 0.3 is 0 Å². The summed E-state index contributed by atoms with van der Waals surface area (Å²) < 4.78 is 4.71. The van der Waals surface area contributed by atoms with E-state index in [9.17, 15) is 0 Å². The maximum absolute atomic E-state index is 6.15. The lowest BCUT2D eigenvalue weighted by Crippen LogP contribution is -2.29. The van der Waals surface area contributed by atoms with Crippen LogP contribution in [-0.4, -0.2) is 16.6 Å². The monoisotopic (exact) mass is 558 g/mol. The zero-order chi connectivity index (χ0) is 18.1.